The van der Waals surface area contributed by atoms with Crippen LogP contribution in [0.25, 0.3) is 0 Å². The minimum atomic E-state index is -0.713. The molecule has 0 saturated carbocycles. The standard InChI is InChI=1S/C11H17NO/c1-3-11(13,4-2)9-6-5-7-10(12)8-9/h5-8,13H,3-4,12H2,1-2H3. The molecule has 0 radical (unpaired) electrons. The lowest BCUT2D eigenvalue weighted by atomic mass is 9.88. The van der Waals surface area contributed by atoms with E-state index in [9.17, 15) is 5.11 Å². The van der Waals surface area contributed by atoms with Crippen molar-refractivity contribution in [3.05, 3.63) is 29.8 Å². The summed E-state index contributed by atoms with van der Waals surface area (Å²) in [5.41, 5.74) is 6.56. The van der Waals surface area contributed by atoms with Gasteiger partial charge in [-0.1, -0.05) is 26.0 Å². The third kappa shape index (κ3) is 2.01. The molecule has 3 N–H and O–H groups in total. The summed E-state index contributed by atoms with van der Waals surface area (Å²) in [5.74, 6) is 0. The van der Waals surface area contributed by atoms with Crippen molar-refractivity contribution in [3.63, 3.8) is 0 Å². The van der Waals surface area contributed by atoms with Crippen LogP contribution in [0.3, 0.4) is 0 Å². The minimum absolute atomic E-state index is 0.706. The average Bonchev–Trinajstić information content (AvgIpc) is 2.17. The summed E-state index contributed by atoms with van der Waals surface area (Å²) in [6.45, 7) is 3.96. The van der Waals surface area contributed by atoms with Gasteiger partial charge in [0.1, 0.15) is 0 Å². The first-order valence-corrected chi connectivity index (χ1v) is 4.70. The van der Waals surface area contributed by atoms with E-state index in [1.165, 1.54) is 0 Å². The predicted octanol–water partition coefficient (Wildman–Crippen LogP) is 2.28. The topological polar surface area (TPSA) is 46.2 Å². The largest absolute Gasteiger partial charge is 0.399 e. The molecule has 0 unspecified atom stereocenters. The van der Waals surface area contributed by atoms with Crippen molar-refractivity contribution in [1.29, 1.82) is 0 Å². The quantitative estimate of drug-likeness (QED) is 0.699. The van der Waals surface area contributed by atoms with Crippen molar-refractivity contribution in [3.8, 4) is 0 Å². The van der Waals surface area contributed by atoms with E-state index in [0.717, 1.165) is 5.56 Å². The summed E-state index contributed by atoms with van der Waals surface area (Å²) in [4.78, 5) is 0. The third-order valence-corrected chi connectivity index (χ3v) is 2.59. The summed E-state index contributed by atoms with van der Waals surface area (Å²) < 4.78 is 0. The number of hydrogen-bond donors (Lipinski definition) is 2. The van der Waals surface area contributed by atoms with Crippen LogP contribution in [0.5, 0.6) is 0 Å². The maximum atomic E-state index is 10.2. The van der Waals surface area contributed by atoms with E-state index in [2.05, 4.69) is 0 Å². The molecule has 2 nitrogen and oxygen atoms in total. The smallest absolute Gasteiger partial charge is 0.0892 e. The first kappa shape index (κ1) is 10.1. The Morgan fingerprint density at radius 3 is 2.38 bits per heavy atom. The van der Waals surface area contributed by atoms with Gasteiger partial charge in [0.2, 0.25) is 0 Å². The van der Waals surface area contributed by atoms with Gasteiger partial charge in [0, 0.05) is 5.69 Å². The molecule has 1 rings (SSSR count). The minimum Gasteiger partial charge on any atom is -0.399 e. The molecule has 0 atom stereocenters. The molecule has 0 fully saturated rings. The van der Waals surface area contributed by atoms with E-state index in [0.29, 0.717) is 18.5 Å². The second-order valence-corrected chi connectivity index (χ2v) is 3.36. The second kappa shape index (κ2) is 3.79. The van der Waals surface area contributed by atoms with E-state index in [1.807, 2.05) is 38.1 Å². The summed E-state index contributed by atoms with van der Waals surface area (Å²) in [6.07, 6.45) is 1.43. The molecule has 0 amide bonds. The Labute approximate surface area is 79.4 Å². The van der Waals surface area contributed by atoms with Crippen LogP contribution in [0.2, 0.25) is 0 Å². The van der Waals surface area contributed by atoms with Crippen molar-refractivity contribution in [1.82, 2.24) is 0 Å². The van der Waals surface area contributed by atoms with Crippen LogP contribution < -0.4 is 5.73 Å². The van der Waals surface area contributed by atoms with Gasteiger partial charge in [0.25, 0.3) is 0 Å². The van der Waals surface area contributed by atoms with E-state index in [1.54, 1.807) is 0 Å². The predicted molar refractivity (Wildman–Crippen MR) is 55.3 cm³/mol. The lowest BCUT2D eigenvalue weighted by Crippen LogP contribution is -2.23. The number of hydrogen-bond acceptors (Lipinski definition) is 2. The Kier molecular flexibility index (Phi) is 2.94. The van der Waals surface area contributed by atoms with Gasteiger partial charge in [-0.15, -0.1) is 0 Å². The Morgan fingerprint density at radius 2 is 1.92 bits per heavy atom. The average molecular weight is 179 g/mol. The van der Waals surface area contributed by atoms with Crippen molar-refractivity contribution >= 4 is 5.69 Å². The normalized spacial score (nSPS) is 11.6. The molecule has 1 aromatic rings. The lowest BCUT2D eigenvalue weighted by Gasteiger charge is -2.25. The molecule has 13 heavy (non-hydrogen) atoms. The van der Waals surface area contributed by atoms with E-state index in [-0.39, 0.29) is 0 Å². The lowest BCUT2D eigenvalue weighted by molar-refractivity contribution is 0.0284. The van der Waals surface area contributed by atoms with Crippen LogP contribution in [-0.2, 0) is 5.60 Å². The number of benzene rings is 1. The molecule has 72 valence electrons. The molecule has 0 heterocycles. The van der Waals surface area contributed by atoms with Crippen molar-refractivity contribution in [2.45, 2.75) is 32.3 Å². The SMILES string of the molecule is CCC(O)(CC)c1cccc(N)c1. The van der Waals surface area contributed by atoms with Gasteiger partial charge in [-0.25, -0.2) is 0 Å². The maximum Gasteiger partial charge on any atom is 0.0892 e. The number of rotatable bonds is 3. The van der Waals surface area contributed by atoms with Crippen molar-refractivity contribution < 1.29 is 5.11 Å². The van der Waals surface area contributed by atoms with Crippen LogP contribution in [0, 0.1) is 0 Å². The van der Waals surface area contributed by atoms with Gasteiger partial charge in [0.15, 0.2) is 0 Å². The van der Waals surface area contributed by atoms with Gasteiger partial charge >= 0.3 is 0 Å². The van der Waals surface area contributed by atoms with Crippen LogP contribution >= 0.6 is 0 Å². The zero-order valence-corrected chi connectivity index (χ0v) is 8.25. The zero-order chi connectivity index (χ0) is 9.90. The fraction of sp³-hybridized carbons (Fsp3) is 0.455. The van der Waals surface area contributed by atoms with Crippen LogP contribution in [0.1, 0.15) is 32.3 Å². The highest BCUT2D eigenvalue weighted by Crippen LogP contribution is 2.29. The molecule has 0 spiro atoms. The van der Waals surface area contributed by atoms with E-state index < -0.39 is 5.60 Å². The molecule has 2 heteroatoms. The van der Waals surface area contributed by atoms with Gasteiger partial charge in [-0.3, -0.25) is 0 Å². The highest BCUT2D eigenvalue weighted by Gasteiger charge is 2.24. The summed E-state index contributed by atoms with van der Waals surface area (Å²) in [5, 5.41) is 10.2. The molecule has 0 aliphatic rings. The number of aliphatic hydroxyl groups is 1. The third-order valence-electron chi connectivity index (χ3n) is 2.59. The van der Waals surface area contributed by atoms with Gasteiger partial charge < -0.3 is 10.8 Å². The molecule has 0 aliphatic carbocycles. The van der Waals surface area contributed by atoms with Crippen LogP contribution in [0.4, 0.5) is 5.69 Å². The molecule has 0 aromatic heterocycles. The molecule has 0 bridgehead atoms. The Morgan fingerprint density at radius 1 is 1.31 bits per heavy atom. The molecule has 1 aromatic carbocycles. The number of nitrogen functional groups attached to an aromatic ring is 1. The van der Waals surface area contributed by atoms with Gasteiger partial charge in [-0.05, 0) is 30.5 Å². The number of nitrogens with two attached hydrogens (primary N) is 1. The number of anilines is 1. The van der Waals surface area contributed by atoms with Crippen LogP contribution in [0.15, 0.2) is 24.3 Å². The molecular formula is C11H17NO. The highest BCUT2D eigenvalue weighted by atomic mass is 16.3. The molecular weight excluding hydrogens is 162 g/mol. The first-order valence-electron chi connectivity index (χ1n) is 4.70. The van der Waals surface area contributed by atoms with Crippen molar-refractivity contribution in [2.24, 2.45) is 0 Å². The molecule has 0 saturated heterocycles. The monoisotopic (exact) mass is 179 g/mol. The second-order valence-electron chi connectivity index (χ2n) is 3.36. The maximum absolute atomic E-state index is 10.2. The summed E-state index contributed by atoms with van der Waals surface area (Å²) >= 11 is 0. The van der Waals surface area contributed by atoms with E-state index >= 15 is 0 Å². The Hall–Kier alpha value is -1.02. The van der Waals surface area contributed by atoms with Crippen LogP contribution in [-0.4, -0.2) is 5.11 Å². The molecule has 0 aliphatic heterocycles. The summed E-state index contributed by atoms with van der Waals surface area (Å²) in [6, 6.07) is 7.46. The van der Waals surface area contributed by atoms with Crippen molar-refractivity contribution in [2.75, 3.05) is 5.73 Å². The zero-order valence-electron chi connectivity index (χ0n) is 8.25. The Balaban J connectivity index is 3.05. The van der Waals surface area contributed by atoms with Gasteiger partial charge in [-0.2, -0.15) is 0 Å². The Bertz CT molecular complexity index is 279. The van der Waals surface area contributed by atoms with Gasteiger partial charge in [0.05, 0.1) is 5.60 Å². The first-order chi connectivity index (χ1) is 6.12. The van der Waals surface area contributed by atoms with E-state index in [4.69, 9.17) is 5.73 Å². The highest BCUT2D eigenvalue weighted by molar-refractivity contribution is 5.42. The summed E-state index contributed by atoms with van der Waals surface area (Å²) in [7, 11) is 0. The fourth-order valence-corrected chi connectivity index (χ4v) is 1.49. The fourth-order valence-electron chi connectivity index (χ4n) is 1.49.